The van der Waals surface area contributed by atoms with Crippen molar-refractivity contribution in [1.82, 2.24) is 20.9 Å². The molecule has 0 saturated carbocycles. The lowest BCUT2D eigenvalue weighted by Gasteiger charge is -2.35. The number of carbonyl (C=O) groups excluding carboxylic acids is 4. The van der Waals surface area contributed by atoms with Crippen molar-refractivity contribution in [2.75, 3.05) is 13.1 Å². The molecule has 1 aromatic rings. The van der Waals surface area contributed by atoms with E-state index in [1.165, 1.54) is 0 Å². The van der Waals surface area contributed by atoms with Crippen LogP contribution in [0.4, 0.5) is 0 Å². The first kappa shape index (κ1) is 18.8. The third-order valence-electron chi connectivity index (χ3n) is 5.82. The molecule has 0 spiro atoms. The zero-order valence-electron chi connectivity index (χ0n) is 15.8. The number of imide groups is 2. The second kappa shape index (κ2) is 7.10. The molecule has 2 atom stereocenters. The third-order valence-corrected chi connectivity index (χ3v) is 5.82. The number of amides is 4. The number of benzene rings is 1. The van der Waals surface area contributed by atoms with Crippen molar-refractivity contribution in [2.24, 2.45) is 0 Å². The van der Waals surface area contributed by atoms with Gasteiger partial charge in [-0.15, -0.1) is 0 Å². The molecule has 2 fully saturated rings. The van der Waals surface area contributed by atoms with Gasteiger partial charge in [0, 0.05) is 25.0 Å². The summed E-state index contributed by atoms with van der Waals surface area (Å²) in [6.07, 6.45) is 2.47. The first-order valence-electron chi connectivity index (χ1n) is 9.68. The highest BCUT2D eigenvalue weighted by atomic mass is 16.2. The summed E-state index contributed by atoms with van der Waals surface area (Å²) in [7, 11) is 0. The summed E-state index contributed by atoms with van der Waals surface area (Å²) >= 11 is 0. The SMILES string of the molecule is CC1(NCc2ccc3c(c2)C(=O)N(C2CCC(=O)NC2=O)C3=O)CCCNC1. The topological polar surface area (TPSA) is 108 Å². The number of nitrogens with one attached hydrogen (secondary N) is 3. The van der Waals surface area contributed by atoms with Gasteiger partial charge >= 0.3 is 0 Å². The van der Waals surface area contributed by atoms with E-state index in [9.17, 15) is 19.2 Å². The largest absolute Gasteiger partial charge is 0.315 e. The standard InChI is InChI=1S/C20H24N4O4/c1-20(7-2-8-21-11-20)22-10-12-3-4-13-14(9-12)19(28)24(18(13)27)15-5-6-16(25)23-17(15)26/h3-4,9,15,21-22H,2,5-8,10-11H2,1H3,(H,23,25,26). The van der Waals surface area contributed by atoms with Crippen LogP contribution >= 0.6 is 0 Å². The Balaban J connectivity index is 1.51. The van der Waals surface area contributed by atoms with Gasteiger partial charge in [-0.2, -0.15) is 0 Å². The molecule has 8 heteroatoms. The van der Waals surface area contributed by atoms with Crippen molar-refractivity contribution in [3.8, 4) is 0 Å². The molecule has 8 nitrogen and oxygen atoms in total. The van der Waals surface area contributed by atoms with Crippen LogP contribution in [0.3, 0.4) is 0 Å². The van der Waals surface area contributed by atoms with E-state index in [-0.39, 0.29) is 24.3 Å². The number of nitrogens with zero attached hydrogens (tertiary/aromatic N) is 1. The van der Waals surface area contributed by atoms with Crippen LogP contribution in [-0.4, -0.2) is 53.2 Å². The predicted octanol–water partition coefficient (Wildman–Crippen LogP) is 0.320. The Labute approximate surface area is 163 Å². The molecule has 2 saturated heterocycles. The molecule has 3 aliphatic heterocycles. The van der Waals surface area contributed by atoms with Crippen LogP contribution in [0.1, 0.15) is 58.9 Å². The molecule has 148 valence electrons. The Bertz CT molecular complexity index is 860. The quantitative estimate of drug-likeness (QED) is 0.646. The van der Waals surface area contributed by atoms with Crippen LogP contribution in [0, 0.1) is 0 Å². The van der Waals surface area contributed by atoms with Crippen LogP contribution in [0.25, 0.3) is 0 Å². The molecular formula is C20H24N4O4. The van der Waals surface area contributed by atoms with E-state index >= 15 is 0 Å². The van der Waals surface area contributed by atoms with Crippen molar-refractivity contribution in [1.29, 1.82) is 0 Å². The molecule has 0 aliphatic carbocycles. The van der Waals surface area contributed by atoms with Crippen LogP contribution in [0.15, 0.2) is 18.2 Å². The molecule has 3 heterocycles. The molecule has 3 aliphatic rings. The first-order chi connectivity index (χ1) is 13.4. The molecule has 0 radical (unpaired) electrons. The fraction of sp³-hybridized carbons (Fsp3) is 0.500. The summed E-state index contributed by atoms with van der Waals surface area (Å²) < 4.78 is 0. The Kier molecular flexibility index (Phi) is 4.76. The molecule has 3 N–H and O–H groups in total. The van der Waals surface area contributed by atoms with E-state index in [4.69, 9.17) is 0 Å². The van der Waals surface area contributed by atoms with Gasteiger partial charge in [0.05, 0.1) is 11.1 Å². The number of hydrogen-bond donors (Lipinski definition) is 3. The van der Waals surface area contributed by atoms with Crippen molar-refractivity contribution in [3.63, 3.8) is 0 Å². The highest BCUT2D eigenvalue weighted by Gasteiger charge is 2.44. The number of carbonyl (C=O) groups is 4. The van der Waals surface area contributed by atoms with Gasteiger partial charge < -0.3 is 10.6 Å². The zero-order chi connectivity index (χ0) is 19.9. The van der Waals surface area contributed by atoms with E-state index in [0.29, 0.717) is 17.7 Å². The number of hydrogen-bond acceptors (Lipinski definition) is 6. The van der Waals surface area contributed by atoms with E-state index in [0.717, 1.165) is 36.4 Å². The maximum Gasteiger partial charge on any atom is 0.262 e. The molecule has 2 unspecified atom stereocenters. The second-order valence-electron chi connectivity index (χ2n) is 8.02. The van der Waals surface area contributed by atoms with Crippen LogP contribution in [-0.2, 0) is 16.1 Å². The molecule has 1 aromatic carbocycles. The second-order valence-corrected chi connectivity index (χ2v) is 8.02. The van der Waals surface area contributed by atoms with E-state index in [1.807, 2.05) is 6.07 Å². The molecule has 28 heavy (non-hydrogen) atoms. The Hall–Kier alpha value is -2.58. The summed E-state index contributed by atoms with van der Waals surface area (Å²) in [6, 6.07) is 4.29. The summed E-state index contributed by atoms with van der Waals surface area (Å²) in [5.74, 6) is -1.92. The van der Waals surface area contributed by atoms with Crippen LogP contribution < -0.4 is 16.0 Å². The predicted molar refractivity (Wildman–Crippen MR) is 100 cm³/mol. The fourth-order valence-electron chi connectivity index (χ4n) is 4.15. The smallest absolute Gasteiger partial charge is 0.262 e. The Morgan fingerprint density at radius 1 is 1.18 bits per heavy atom. The molecule has 4 amide bonds. The summed E-state index contributed by atoms with van der Waals surface area (Å²) in [5, 5.41) is 9.14. The lowest BCUT2D eigenvalue weighted by atomic mass is 9.92. The molecule has 0 aromatic heterocycles. The minimum atomic E-state index is -0.932. The maximum atomic E-state index is 12.9. The van der Waals surface area contributed by atoms with Gasteiger partial charge in [-0.05, 0) is 50.4 Å². The molecule has 0 bridgehead atoms. The number of piperidine rings is 2. The van der Waals surface area contributed by atoms with Crippen LogP contribution in [0.2, 0.25) is 0 Å². The zero-order valence-corrected chi connectivity index (χ0v) is 15.8. The molecule has 4 rings (SSSR count). The number of rotatable bonds is 4. The van der Waals surface area contributed by atoms with Crippen LogP contribution in [0.5, 0.6) is 0 Å². The average molecular weight is 384 g/mol. The highest BCUT2D eigenvalue weighted by Crippen LogP contribution is 2.28. The highest BCUT2D eigenvalue weighted by molar-refractivity contribution is 6.23. The lowest BCUT2D eigenvalue weighted by molar-refractivity contribution is -0.136. The van der Waals surface area contributed by atoms with Crippen molar-refractivity contribution in [3.05, 3.63) is 34.9 Å². The van der Waals surface area contributed by atoms with Gasteiger partial charge in [-0.1, -0.05) is 6.07 Å². The Morgan fingerprint density at radius 3 is 2.68 bits per heavy atom. The van der Waals surface area contributed by atoms with E-state index in [1.54, 1.807) is 12.1 Å². The minimum Gasteiger partial charge on any atom is -0.315 e. The minimum absolute atomic E-state index is 0.00412. The van der Waals surface area contributed by atoms with Crippen molar-refractivity contribution >= 4 is 23.6 Å². The van der Waals surface area contributed by atoms with E-state index in [2.05, 4.69) is 22.9 Å². The number of fused-ring (bicyclic) bond motifs is 1. The normalized spacial score (nSPS) is 27.8. The monoisotopic (exact) mass is 384 g/mol. The average Bonchev–Trinajstić information content (AvgIpc) is 2.92. The van der Waals surface area contributed by atoms with E-state index < -0.39 is 23.8 Å². The van der Waals surface area contributed by atoms with Gasteiger partial charge in [0.25, 0.3) is 11.8 Å². The summed E-state index contributed by atoms with van der Waals surface area (Å²) in [6.45, 7) is 4.68. The first-order valence-corrected chi connectivity index (χ1v) is 9.68. The van der Waals surface area contributed by atoms with Crippen molar-refractivity contribution in [2.45, 2.75) is 50.7 Å². The Morgan fingerprint density at radius 2 is 1.96 bits per heavy atom. The maximum absolute atomic E-state index is 12.9. The summed E-state index contributed by atoms with van der Waals surface area (Å²) in [4.78, 5) is 50.1. The third kappa shape index (κ3) is 3.33. The van der Waals surface area contributed by atoms with Gasteiger partial charge in [0.1, 0.15) is 6.04 Å². The van der Waals surface area contributed by atoms with Gasteiger partial charge in [-0.25, -0.2) is 0 Å². The van der Waals surface area contributed by atoms with Gasteiger partial charge in [0.15, 0.2) is 0 Å². The van der Waals surface area contributed by atoms with Gasteiger partial charge in [0.2, 0.25) is 11.8 Å². The fourth-order valence-corrected chi connectivity index (χ4v) is 4.15. The van der Waals surface area contributed by atoms with Crippen molar-refractivity contribution < 1.29 is 19.2 Å². The van der Waals surface area contributed by atoms with Gasteiger partial charge in [-0.3, -0.25) is 29.4 Å². The molecular weight excluding hydrogens is 360 g/mol. The lowest BCUT2D eigenvalue weighted by Crippen LogP contribution is -2.54. The summed E-state index contributed by atoms with van der Waals surface area (Å²) in [5.41, 5.74) is 1.54.